The second-order valence-corrected chi connectivity index (χ2v) is 8.69. The summed E-state index contributed by atoms with van der Waals surface area (Å²) in [5, 5.41) is 17.1. The number of aryl methyl sites for hydroxylation is 2. The lowest BCUT2D eigenvalue weighted by atomic mass is 9.89. The topological polar surface area (TPSA) is 92.8 Å². The molecule has 1 aliphatic rings. The molecular weight excluding hydrogens is 433 g/mol. The molecule has 0 saturated carbocycles. The van der Waals surface area contributed by atoms with Crippen LogP contribution < -0.4 is 10.1 Å². The first-order valence-electron chi connectivity index (χ1n) is 11.5. The lowest BCUT2D eigenvalue weighted by Gasteiger charge is -2.17. The van der Waals surface area contributed by atoms with Crippen molar-refractivity contribution in [2.45, 2.75) is 44.9 Å². The van der Waals surface area contributed by atoms with Crippen LogP contribution in [0.15, 0.2) is 36.4 Å². The molecule has 0 aliphatic carbocycles. The van der Waals surface area contributed by atoms with Crippen molar-refractivity contribution in [3.8, 4) is 11.9 Å². The van der Waals surface area contributed by atoms with Crippen molar-refractivity contribution in [1.82, 2.24) is 14.8 Å². The van der Waals surface area contributed by atoms with E-state index in [4.69, 9.17) is 15.0 Å². The molecule has 0 spiro atoms. The van der Waals surface area contributed by atoms with Crippen LogP contribution in [0.1, 0.15) is 53.8 Å². The number of rotatable bonds is 9. The van der Waals surface area contributed by atoms with Crippen LogP contribution in [0.2, 0.25) is 0 Å². The van der Waals surface area contributed by atoms with Crippen LogP contribution in [0, 0.1) is 17.1 Å². The fourth-order valence-electron chi connectivity index (χ4n) is 4.30. The molecular formula is C26H28FN5O2. The SMILES string of the molecule is CC(=O)C[C@H](Cc1cc(OCCc2ccc3c(n2)NCCC3)n(C)n1)c1ccc(F)c(C#N)c1. The molecule has 2 aromatic heterocycles. The molecule has 7 nitrogen and oxygen atoms in total. The molecule has 0 amide bonds. The molecule has 1 aliphatic heterocycles. The quantitative estimate of drug-likeness (QED) is 0.516. The van der Waals surface area contributed by atoms with Gasteiger partial charge in [-0.3, -0.25) is 0 Å². The van der Waals surface area contributed by atoms with Crippen molar-refractivity contribution in [2.24, 2.45) is 7.05 Å². The lowest BCUT2D eigenvalue weighted by molar-refractivity contribution is -0.117. The lowest BCUT2D eigenvalue weighted by Crippen LogP contribution is -2.14. The summed E-state index contributed by atoms with van der Waals surface area (Å²) in [4.78, 5) is 16.6. The summed E-state index contributed by atoms with van der Waals surface area (Å²) >= 11 is 0. The highest BCUT2D eigenvalue weighted by Crippen LogP contribution is 2.27. The maximum atomic E-state index is 13.8. The van der Waals surface area contributed by atoms with E-state index in [1.165, 1.54) is 24.6 Å². The van der Waals surface area contributed by atoms with Gasteiger partial charge in [-0.15, -0.1) is 0 Å². The van der Waals surface area contributed by atoms with Crippen LogP contribution in [0.25, 0.3) is 0 Å². The number of hydrogen-bond donors (Lipinski definition) is 1. The number of halogens is 1. The molecule has 0 radical (unpaired) electrons. The number of nitrogens with one attached hydrogen (secondary N) is 1. The number of anilines is 1. The zero-order valence-electron chi connectivity index (χ0n) is 19.5. The third-order valence-electron chi connectivity index (χ3n) is 6.02. The molecule has 3 heterocycles. The van der Waals surface area contributed by atoms with Gasteiger partial charge in [-0.05, 0) is 61.4 Å². The van der Waals surface area contributed by atoms with Gasteiger partial charge in [0.15, 0.2) is 0 Å². The van der Waals surface area contributed by atoms with E-state index in [1.807, 2.05) is 19.2 Å². The molecule has 1 N–H and O–H groups in total. The van der Waals surface area contributed by atoms with Crippen LogP contribution in [0.3, 0.4) is 0 Å². The second kappa shape index (κ2) is 10.5. The maximum absolute atomic E-state index is 13.8. The first-order chi connectivity index (χ1) is 16.4. The molecule has 34 heavy (non-hydrogen) atoms. The average molecular weight is 462 g/mol. The van der Waals surface area contributed by atoms with Gasteiger partial charge < -0.3 is 14.8 Å². The fraction of sp³-hybridized carbons (Fsp3) is 0.385. The molecule has 0 fully saturated rings. The number of ketones is 1. The largest absolute Gasteiger partial charge is 0.477 e. The molecule has 8 heteroatoms. The molecule has 0 saturated heterocycles. The van der Waals surface area contributed by atoms with Gasteiger partial charge in [0, 0.05) is 38.2 Å². The summed E-state index contributed by atoms with van der Waals surface area (Å²) in [6, 6.07) is 12.3. The van der Waals surface area contributed by atoms with E-state index in [2.05, 4.69) is 22.5 Å². The van der Waals surface area contributed by atoms with E-state index in [9.17, 15) is 9.18 Å². The van der Waals surface area contributed by atoms with Crippen molar-refractivity contribution < 1.29 is 13.9 Å². The summed E-state index contributed by atoms with van der Waals surface area (Å²) in [6.45, 7) is 2.95. The Morgan fingerprint density at radius 3 is 2.94 bits per heavy atom. The Labute approximate surface area is 198 Å². The van der Waals surface area contributed by atoms with Gasteiger partial charge in [-0.2, -0.15) is 10.4 Å². The third-order valence-corrected chi connectivity index (χ3v) is 6.02. The van der Waals surface area contributed by atoms with Crippen LogP contribution in [0.4, 0.5) is 10.2 Å². The number of nitriles is 1. The minimum absolute atomic E-state index is 0.0206. The number of nitrogens with zero attached hydrogens (tertiary/aromatic N) is 4. The summed E-state index contributed by atoms with van der Waals surface area (Å²) in [5.41, 5.74) is 3.72. The summed E-state index contributed by atoms with van der Waals surface area (Å²) < 4.78 is 21.4. The molecule has 176 valence electrons. The number of fused-ring (bicyclic) bond motifs is 1. The molecule has 0 bridgehead atoms. The number of carbonyl (C=O) groups excluding carboxylic acids is 1. The van der Waals surface area contributed by atoms with Crippen molar-refractivity contribution in [2.75, 3.05) is 18.5 Å². The zero-order chi connectivity index (χ0) is 24.1. The van der Waals surface area contributed by atoms with Gasteiger partial charge in [0.2, 0.25) is 5.88 Å². The Balaban J connectivity index is 1.41. The Bertz CT molecular complexity index is 1230. The first-order valence-corrected chi connectivity index (χ1v) is 11.5. The fourth-order valence-corrected chi connectivity index (χ4v) is 4.30. The smallest absolute Gasteiger partial charge is 0.211 e. The molecule has 3 aromatic rings. The highest BCUT2D eigenvalue weighted by atomic mass is 19.1. The number of benzene rings is 1. The van der Waals surface area contributed by atoms with Crippen LogP contribution in [-0.2, 0) is 31.1 Å². The third kappa shape index (κ3) is 5.60. The minimum Gasteiger partial charge on any atom is -0.477 e. The predicted octanol–water partition coefficient (Wildman–Crippen LogP) is 4.11. The Hall–Kier alpha value is -3.73. The summed E-state index contributed by atoms with van der Waals surface area (Å²) in [7, 11) is 1.81. The van der Waals surface area contributed by atoms with Crippen molar-refractivity contribution in [3.05, 3.63) is 70.3 Å². The average Bonchev–Trinajstić information content (AvgIpc) is 3.17. The number of Topliss-reactive ketones (excluding diaryl/α,β-unsaturated/α-hetero) is 1. The minimum atomic E-state index is -0.564. The van der Waals surface area contributed by atoms with Gasteiger partial charge in [-0.25, -0.2) is 14.1 Å². The van der Waals surface area contributed by atoms with E-state index in [-0.39, 0.29) is 23.7 Å². The van der Waals surface area contributed by atoms with Gasteiger partial charge in [0.1, 0.15) is 23.5 Å². The second-order valence-electron chi connectivity index (χ2n) is 8.69. The number of ether oxygens (including phenoxy) is 1. The highest BCUT2D eigenvalue weighted by Gasteiger charge is 2.19. The predicted molar refractivity (Wildman–Crippen MR) is 126 cm³/mol. The number of pyridine rings is 1. The van der Waals surface area contributed by atoms with Crippen LogP contribution >= 0.6 is 0 Å². The van der Waals surface area contributed by atoms with E-state index >= 15 is 0 Å². The van der Waals surface area contributed by atoms with Crippen molar-refractivity contribution in [1.29, 1.82) is 5.26 Å². The molecule has 1 aromatic carbocycles. The van der Waals surface area contributed by atoms with E-state index in [0.29, 0.717) is 25.3 Å². The molecule has 0 unspecified atom stereocenters. The standard InChI is InChI=1S/C26H28FN5O2/c1-17(33)12-20(19-6-8-24(27)21(13-19)16-28)14-23-15-25(32(2)31-23)34-11-9-22-7-5-18-4-3-10-29-26(18)30-22/h5-8,13,15,20H,3-4,9-12,14H2,1-2H3,(H,29,30)/t20-/m1/s1. The van der Waals surface area contributed by atoms with Gasteiger partial charge in [-0.1, -0.05) is 12.1 Å². The van der Waals surface area contributed by atoms with Gasteiger partial charge in [0.25, 0.3) is 0 Å². The van der Waals surface area contributed by atoms with Gasteiger partial charge in [0.05, 0.1) is 17.9 Å². The Morgan fingerprint density at radius 1 is 1.29 bits per heavy atom. The zero-order valence-corrected chi connectivity index (χ0v) is 19.5. The highest BCUT2D eigenvalue weighted by molar-refractivity contribution is 5.76. The van der Waals surface area contributed by atoms with E-state index in [0.717, 1.165) is 42.2 Å². The Morgan fingerprint density at radius 2 is 2.15 bits per heavy atom. The summed E-state index contributed by atoms with van der Waals surface area (Å²) in [5.74, 6) is 0.853. The molecule has 1 atom stereocenters. The van der Waals surface area contributed by atoms with Crippen LogP contribution in [0.5, 0.6) is 5.88 Å². The number of aromatic nitrogens is 3. The molecule has 4 rings (SSSR count). The number of carbonyl (C=O) groups is 1. The van der Waals surface area contributed by atoms with Gasteiger partial charge >= 0.3 is 0 Å². The van der Waals surface area contributed by atoms with E-state index < -0.39 is 5.82 Å². The van der Waals surface area contributed by atoms with Crippen LogP contribution in [-0.4, -0.2) is 33.7 Å². The van der Waals surface area contributed by atoms with Crippen molar-refractivity contribution in [3.63, 3.8) is 0 Å². The van der Waals surface area contributed by atoms with E-state index in [1.54, 1.807) is 10.7 Å². The summed E-state index contributed by atoms with van der Waals surface area (Å²) in [6.07, 6.45) is 3.62. The number of hydrogen-bond acceptors (Lipinski definition) is 6. The Kier molecular flexibility index (Phi) is 7.21. The normalized spacial score (nSPS) is 13.5. The van der Waals surface area contributed by atoms with Crippen molar-refractivity contribution >= 4 is 11.6 Å². The monoisotopic (exact) mass is 461 g/mol. The maximum Gasteiger partial charge on any atom is 0.211 e. The first kappa shape index (κ1) is 23.4.